The Bertz CT molecular complexity index is 299. The second kappa shape index (κ2) is 5.18. The van der Waals surface area contributed by atoms with Crippen LogP contribution in [-0.2, 0) is 0 Å². The Morgan fingerprint density at radius 2 is 2.31 bits per heavy atom. The van der Waals surface area contributed by atoms with Crippen LogP contribution in [0.4, 0.5) is 4.39 Å². The van der Waals surface area contributed by atoms with Crippen molar-refractivity contribution in [2.75, 3.05) is 5.33 Å². The van der Waals surface area contributed by atoms with Crippen LogP contribution in [0.3, 0.4) is 0 Å². The fourth-order valence-electron chi connectivity index (χ4n) is 1.07. The third kappa shape index (κ3) is 3.31. The van der Waals surface area contributed by atoms with Crippen molar-refractivity contribution in [2.45, 2.75) is 13.3 Å². The molecule has 0 unspecified atom stereocenters. The second-order valence-electron chi connectivity index (χ2n) is 2.84. The van der Waals surface area contributed by atoms with Gasteiger partial charge in [0.15, 0.2) is 0 Å². The van der Waals surface area contributed by atoms with E-state index in [0.29, 0.717) is 0 Å². The minimum absolute atomic E-state index is 0.182. The maximum atomic E-state index is 12.8. The first-order chi connectivity index (χ1) is 6.26. The highest BCUT2D eigenvalue weighted by molar-refractivity contribution is 9.09. The lowest BCUT2D eigenvalue weighted by Gasteiger charge is -1.99. The van der Waals surface area contributed by atoms with Crippen LogP contribution in [0.1, 0.15) is 18.9 Å². The van der Waals surface area contributed by atoms with Crippen molar-refractivity contribution in [2.24, 2.45) is 0 Å². The third-order valence-corrected chi connectivity index (χ3v) is 2.57. The van der Waals surface area contributed by atoms with Crippen LogP contribution in [0.15, 0.2) is 29.8 Å². The SMILES string of the molecule is CC/C(=C/c1cccc(F)c1)CBr. The molecule has 0 bridgehead atoms. The van der Waals surface area contributed by atoms with Gasteiger partial charge in [-0.1, -0.05) is 46.6 Å². The molecule has 0 saturated heterocycles. The molecule has 0 amide bonds. The first kappa shape index (κ1) is 10.5. The summed E-state index contributed by atoms with van der Waals surface area (Å²) in [6.07, 6.45) is 3.00. The molecule has 2 heteroatoms. The Morgan fingerprint density at radius 1 is 1.54 bits per heavy atom. The van der Waals surface area contributed by atoms with Crippen molar-refractivity contribution in [1.29, 1.82) is 0 Å². The zero-order chi connectivity index (χ0) is 9.68. The van der Waals surface area contributed by atoms with Gasteiger partial charge in [0.25, 0.3) is 0 Å². The molecular formula is C11H12BrF. The number of hydrogen-bond acceptors (Lipinski definition) is 0. The molecule has 0 heterocycles. The highest BCUT2D eigenvalue weighted by Gasteiger charge is 1.94. The Labute approximate surface area is 86.6 Å². The number of benzene rings is 1. The van der Waals surface area contributed by atoms with E-state index < -0.39 is 0 Å². The lowest BCUT2D eigenvalue weighted by Crippen LogP contribution is -1.83. The molecule has 0 radical (unpaired) electrons. The molecule has 13 heavy (non-hydrogen) atoms. The molecule has 1 aromatic rings. The van der Waals surface area contributed by atoms with E-state index in [1.807, 2.05) is 12.1 Å². The van der Waals surface area contributed by atoms with Crippen molar-refractivity contribution >= 4 is 22.0 Å². The maximum absolute atomic E-state index is 12.8. The molecule has 0 N–H and O–H groups in total. The summed E-state index contributed by atoms with van der Waals surface area (Å²) >= 11 is 3.39. The van der Waals surface area contributed by atoms with Gasteiger partial charge in [0.1, 0.15) is 5.82 Å². The van der Waals surface area contributed by atoms with E-state index in [1.165, 1.54) is 11.6 Å². The summed E-state index contributed by atoms with van der Waals surface area (Å²) < 4.78 is 12.8. The number of rotatable bonds is 3. The van der Waals surface area contributed by atoms with Gasteiger partial charge in [-0.15, -0.1) is 0 Å². The summed E-state index contributed by atoms with van der Waals surface area (Å²) in [6, 6.07) is 6.62. The summed E-state index contributed by atoms with van der Waals surface area (Å²) in [5.41, 5.74) is 2.20. The summed E-state index contributed by atoms with van der Waals surface area (Å²) in [4.78, 5) is 0. The van der Waals surface area contributed by atoms with Gasteiger partial charge in [-0.25, -0.2) is 4.39 Å². The predicted octanol–water partition coefficient (Wildman–Crippen LogP) is 4.01. The fraction of sp³-hybridized carbons (Fsp3) is 0.273. The van der Waals surface area contributed by atoms with Crippen LogP contribution in [0.25, 0.3) is 6.08 Å². The average Bonchev–Trinajstić information content (AvgIpc) is 2.14. The van der Waals surface area contributed by atoms with Gasteiger partial charge in [0.05, 0.1) is 0 Å². The lowest BCUT2D eigenvalue weighted by atomic mass is 10.1. The van der Waals surface area contributed by atoms with Gasteiger partial charge in [-0.3, -0.25) is 0 Å². The molecule has 0 saturated carbocycles. The largest absolute Gasteiger partial charge is 0.207 e. The number of halogens is 2. The van der Waals surface area contributed by atoms with Gasteiger partial charge in [0.2, 0.25) is 0 Å². The van der Waals surface area contributed by atoms with Crippen molar-refractivity contribution < 1.29 is 4.39 Å². The zero-order valence-electron chi connectivity index (χ0n) is 7.56. The van der Waals surface area contributed by atoms with E-state index in [0.717, 1.165) is 17.3 Å². The second-order valence-corrected chi connectivity index (χ2v) is 3.41. The molecule has 0 aliphatic carbocycles. The molecule has 0 fully saturated rings. The highest BCUT2D eigenvalue weighted by atomic mass is 79.9. The van der Waals surface area contributed by atoms with Gasteiger partial charge in [-0.05, 0) is 24.1 Å². The van der Waals surface area contributed by atoms with Crippen LogP contribution in [0, 0.1) is 5.82 Å². The predicted molar refractivity (Wildman–Crippen MR) is 58.5 cm³/mol. The van der Waals surface area contributed by atoms with Gasteiger partial charge < -0.3 is 0 Å². The van der Waals surface area contributed by atoms with Gasteiger partial charge in [-0.2, -0.15) is 0 Å². The minimum atomic E-state index is -0.182. The van der Waals surface area contributed by atoms with Crippen LogP contribution >= 0.6 is 15.9 Å². The molecule has 0 nitrogen and oxygen atoms in total. The van der Waals surface area contributed by atoms with Gasteiger partial charge >= 0.3 is 0 Å². The highest BCUT2D eigenvalue weighted by Crippen LogP contribution is 2.12. The van der Waals surface area contributed by atoms with Crippen molar-refractivity contribution in [3.8, 4) is 0 Å². The molecule has 0 spiro atoms. The summed E-state index contributed by atoms with van der Waals surface area (Å²) in [5, 5.41) is 0.847. The van der Waals surface area contributed by atoms with Crippen molar-refractivity contribution in [1.82, 2.24) is 0 Å². The summed E-state index contributed by atoms with van der Waals surface area (Å²) in [5.74, 6) is -0.182. The number of hydrogen-bond donors (Lipinski definition) is 0. The molecule has 0 aromatic heterocycles. The standard InChI is InChI=1S/C11H12BrF/c1-2-9(8-12)6-10-4-3-5-11(13)7-10/h3-7H,2,8H2,1H3/b9-6-. The molecule has 0 aliphatic rings. The van der Waals surface area contributed by atoms with Crippen LogP contribution in [0.5, 0.6) is 0 Å². The molecular weight excluding hydrogens is 231 g/mol. The molecule has 70 valence electrons. The van der Waals surface area contributed by atoms with Crippen LogP contribution in [0.2, 0.25) is 0 Å². The number of alkyl halides is 1. The zero-order valence-corrected chi connectivity index (χ0v) is 9.14. The minimum Gasteiger partial charge on any atom is -0.207 e. The normalized spacial score (nSPS) is 11.8. The number of allylic oxidation sites excluding steroid dienone is 1. The van der Waals surface area contributed by atoms with E-state index in [-0.39, 0.29) is 5.82 Å². The van der Waals surface area contributed by atoms with E-state index in [9.17, 15) is 4.39 Å². The Morgan fingerprint density at radius 3 is 2.85 bits per heavy atom. The fourth-order valence-corrected chi connectivity index (χ4v) is 1.63. The monoisotopic (exact) mass is 242 g/mol. The Kier molecular flexibility index (Phi) is 4.16. The quantitative estimate of drug-likeness (QED) is 0.703. The summed E-state index contributed by atoms with van der Waals surface area (Å²) in [6.45, 7) is 2.09. The van der Waals surface area contributed by atoms with Crippen LogP contribution in [-0.4, -0.2) is 5.33 Å². The third-order valence-electron chi connectivity index (χ3n) is 1.85. The van der Waals surface area contributed by atoms with E-state index in [2.05, 4.69) is 22.9 Å². The topological polar surface area (TPSA) is 0 Å². The smallest absolute Gasteiger partial charge is 0.123 e. The van der Waals surface area contributed by atoms with Gasteiger partial charge in [0, 0.05) is 5.33 Å². The van der Waals surface area contributed by atoms with Crippen LogP contribution < -0.4 is 0 Å². The van der Waals surface area contributed by atoms with E-state index in [4.69, 9.17) is 0 Å². The van der Waals surface area contributed by atoms with E-state index in [1.54, 1.807) is 12.1 Å². The Balaban J connectivity index is 2.89. The summed E-state index contributed by atoms with van der Waals surface area (Å²) in [7, 11) is 0. The molecule has 0 aliphatic heterocycles. The van der Waals surface area contributed by atoms with E-state index >= 15 is 0 Å². The lowest BCUT2D eigenvalue weighted by molar-refractivity contribution is 0.627. The first-order valence-electron chi connectivity index (χ1n) is 4.27. The first-order valence-corrected chi connectivity index (χ1v) is 5.39. The van der Waals surface area contributed by atoms with Crippen molar-refractivity contribution in [3.63, 3.8) is 0 Å². The maximum Gasteiger partial charge on any atom is 0.123 e. The molecule has 1 aromatic carbocycles. The average molecular weight is 243 g/mol. The van der Waals surface area contributed by atoms with Crippen molar-refractivity contribution in [3.05, 3.63) is 41.2 Å². The Hall–Kier alpha value is -0.630. The molecule has 0 atom stereocenters. The molecule has 1 rings (SSSR count).